The van der Waals surface area contributed by atoms with Crippen molar-refractivity contribution in [2.24, 2.45) is 0 Å². The lowest BCUT2D eigenvalue weighted by molar-refractivity contribution is 0.208. The second-order valence-electron chi connectivity index (χ2n) is 5.45. The maximum absolute atomic E-state index is 13.8. The van der Waals surface area contributed by atoms with Gasteiger partial charge in [0, 0.05) is 26.2 Å². The van der Waals surface area contributed by atoms with E-state index in [2.05, 4.69) is 5.32 Å². The van der Waals surface area contributed by atoms with Crippen LogP contribution in [0.15, 0.2) is 42.5 Å². The SMILES string of the molecule is O=C(Nc1ccccc1Cl)N1CCN(c2c(F)cccc2F)CC1. The van der Waals surface area contributed by atoms with E-state index in [0.717, 1.165) is 0 Å². The van der Waals surface area contributed by atoms with E-state index in [-0.39, 0.29) is 11.7 Å². The maximum Gasteiger partial charge on any atom is 0.322 e. The van der Waals surface area contributed by atoms with Crippen molar-refractivity contribution in [1.29, 1.82) is 0 Å². The van der Waals surface area contributed by atoms with Crippen LogP contribution in [0.2, 0.25) is 5.02 Å². The highest BCUT2D eigenvalue weighted by Gasteiger charge is 2.25. The van der Waals surface area contributed by atoms with Crippen LogP contribution in [-0.2, 0) is 0 Å². The summed E-state index contributed by atoms with van der Waals surface area (Å²) >= 11 is 6.02. The molecule has 1 N–H and O–H groups in total. The molecule has 0 aromatic heterocycles. The molecule has 1 saturated heterocycles. The Hall–Kier alpha value is -2.34. The monoisotopic (exact) mass is 351 g/mol. The van der Waals surface area contributed by atoms with Crippen LogP contribution in [0, 0.1) is 11.6 Å². The highest BCUT2D eigenvalue weighted by Crippen LogP contribution is 2.25. The number of piperazine rings is 1. The average molecular weight is 352 g/mol. The number of rotatable bonds is 2. The number of carbonyl (C=O) groups is 1. The van der Waals surface area contributed by atoms with Crippen molar-refractivity contribution in [3.05, 3.63) is 59.1 Å². The zero-order valence-corrected chi connectivity index (χ0v) is 13.6. The first-order valence-electron chi connectivity index (χ1n) is 7.55. The fourth-order valence-corrected chi connectivity index (χ4v) is 2.86. The van der Waals surface area contributed by atoms with Crippen molar-refractivity contribution in [2.75, 3.05) is 36.4 Å². The predicted octanol–water partition coefficient (Wildman–Crippen LogP) is 3.97. The lowest BCUT2D eigenvalue weighted by Gasteiger charge is -2.36. The smallest absolute Gasteiger partial charge is 0.322 e. The van der Waals surface area contributed by atoms with Crippen LogP contribution in [0.1, 0.15) is 0 Å². The van der Waals surface area contributed by atoms with Crippen LogP contribution in [0.25, 0.3) is 0 Å². The minimum Gasteiger partial charge on any atom is -0.363 e. The minimum atomic E-state index is -0.594. The number of amides is 2. The van der Waals surface area contributed by atoms with E-state index < -0.39 is 11.6 Å². The lowest BCUT2D eigenvalue weighted by atomic mass is 10.2. The molecule has 1 heterocycles. The number of nitrogens with one attached hydrogen (secondary N) is 1. The van der Waals surface area contributed by atoms with E-state index in [1.54, 1.807) is 34.1 Å². The first-order valence-corrected chi connectivity index (χ1v) is 7.93. The van der Waals surface area contributed by atoms with Gasteiger partial charge >= 0.3 is 6.03 Å². The van der Waals surface area contributed by atoms with Crippen LogP contribution in [0.5, 0.6) is 0 Å². The van der Waals surface area contributed by atoms with Crippen molar-refractivity contribution in [1.82, 2.24) is 4.90 Å². The molecule has 126 valence electrons. The Morgan fingerprint density at radius 2 is 1.58 bits per heavy atom. The number of anilines is 2. The molecule has 1 aliphatic heterocycles. The lowest BCUT2D eigenvalue weighted by Crippen LogP contribution is -2.50. The molecule has 0 atom stereocenters. The average Bonchev–Trinajstić information content (AvgIpc) is 2.57. The molecule has 0 spiro atoms. The predicted molar refractivity (Wildman–Crippen MR) is 90.6 cm³/mol. The number of urea groups is 1. The fraction of sp³-hybridized carbons (Fsp3) is 0.235. The zero-order chi connectivity index (χ0) is 17.1. The van der Waals surface area contributed by atoms with E-state index in [9.17, 15) is 13.6 Å². The Morgan fingerprint density at radius 1 is 0.958 bits per heavy atom. The number of nitrogens with zero attached hydrogens (tertiary/aromatic N) is 2. The molecule has 1 aliphatic rings. The third-order valence-electron chi connectivity index (χ3n) is 3.94. The summed E-state index contributed by atoms with van der Waals surface area (Å²) in [7, 11) is 0. The van der Waals surface area contributed by atoms with Gasteiger partial charge in [-0.1, -0.05) is 29.8 Å². The number of para-hydroxylation sites is 2. The van der Waals surface area contributed by atoms with Crippen LogP contribution in [0.4, 0.5) is 25.0 Å². The summed E-state index contributed by atoms with van der Waals surface area (Å²) in [6.07, 6.45) is 0. The van der Waals surface area contributed by atoms with Gasteiger partial charge in [-0.2, -0.15) is 0 Å². The Bertz CT molecular complexity index is 728. The van der Waals surface area contributed by atoms with Gasteiger partial charge in [0.2, 0.25) is 0 Å². The van der Waals surface area contributed by atoms with Crippen molar-refractivity contribution in [3.63, 3.8) is 0 Å². The maximum atomic E-state index is 13.8. The Morgan fingerprint density at radius 3 is 2.21 bits per heavy atom. The molecule has 0 saturated carbocycles. The highest BCUT2D eigenvalue weighted by atomic mass is 35.5. The largest absolute Gasteiger partial charge is 0.363 e. The van der Waals surface area contributed by atoms with E-state index >= 15 is 0 Å². The second kappa shape index (κ2) is 7.05. The van der Waals surface area contributed by atoms with Gasteiger partial charge in [0.1, 0.15) is 17.3 Å². The summed E-state index contributed by atoms with van der Waals surface area (Å²) in [5, 5.41) is 3.20. The molecule has 2 aromatic carbocycles. The van der Waals surface area contributed by atoms with Crippen LogP contribution < -0.4 is 10.2 Å². The highest BCUT2D eigenvalue weighted by molar-refractivity contribution is 6.33. The zero-order valence-electron chi connectivity index (χ0n) is 12.8. The third-order valence-corrected chi connectivity index (χ3v) is 4.27. The molecule has 24 heavy (non-hydrogen) atoms. The van der Waals surface area contributed by atoms with Crippen molar-refractivity contribution >= 4 is 29.0 Å². The van der Waals surface area contributed by atoms with Gasteiger partial charge in [0.15, 0.2) is 0 Å². The topological polar surface area (TPSA) is 35.6 Å². The Kier molecular flexibility index (Phi) is 4.85. The number of hydrogen-bond acceptors (Lipinski definition) is 2. The fourth-order valence-electron chi connectivity index (χ4n) is 2.68. The van der Waals surface area contributed by atoms with Crippen LogP contribution in [0.3, 0.4) is 0 Å². The molecule has 0 radical (unpaired) electrons. The standard InChI is InChI=1S/C17H16ClF2N3O/c18-12-4-1-2-7-15(12)21-17(24)23-10-8-22(9-11-23)16-13(19)5-3-6-14(16)20/h1-7H,8-11H2,(H,21,24). The molecule has 1 fully saturated rings. The van der Waals surface area contributed by atoms with E-state index in [1.165, 1.54) is 18.2 Å². The molecule has 7 heteroatoms. The summed E-state index contributed by atoms with van der Waals surface area (Å²) in [4.78, 5) is 15.5. The molecule has 4 nitrogen and oxygen atoms in total. The number of halogens is 3. The molecule has 3 rings (SSSR count). The summed E-state index contributed by atoms with van der Waals surface area (Å²) in [5.74, 6) is -1.19. The molecular formula is C17H16ClF2N3O. The minimum absolute atomic E-state index is 0.0383. The molecule has 0 bridgehead atoms. The van der Waals surface area contributed by atoms with Crippen LogP contribution in [-0.4, -0.2) is 37.1 Å². The number of carbonyl (C=O) groups excluding carboxylic acids is 1. The van der Waals surface area contributed by atoms with Gasteiger partial charge in [-0.05, 0) is 24.3 Å². The molecular weight excluding hydrogens is 336 g/mol. The summed E-state index contributed by atoms with van der Waals surface area (Å²) in [6, 6.07) is 10.5. The Labute approximate surface area is 143 Å². The first-order chi connectivity index (χ1) is 11.6. The van der Waals surface area contributed by atoms with Gasteiger partial charge in [-0.15, -0.1) is 0 Å². The Balaban J connectivity index is 1.63. The third kappa shape index (κ3) is 3.43. The van der Waals surface area contributed by atoms with Crippen molar-refractivity contribution < 1.29 is 13.6 Å². The van der Waals surface area contributed by atoms with Gasteiger partial charge in [0.25, 0.3) is 0 Å². The quantitative estimate of drug-likeness (QED) is 0.888. The summed E-state index contributed by atoms with van der Waals surface area (Å²) in [6.45, 7) is 1.44. The van der Waals surface area contributed by atoms with Gasteiger partial charge in [-0.3, -0.25) is 0 Å². The van der Waals surface area contributed by atoms with E-state index in [4.69, 9.17) is 11.6 Å². The number of hydrogen-bond donors (Lipinski definition) is 1. The second-order valence-corrected chi connectivity index (χ2v) is 5.86. The van der Waals surface area contributed by atoms with Crippen molar-refractivity contribution in [2.45, 2.75) is 0 Å². The van der Waals surface area contributed by atoms with Gasteiger partial charge < -0.3 is 15.1 Å². The molecule has 2 amide bonds. The van der Waals surface area contributed by atoms with E-state index in [1.807, 2.05) is 0 Å². The summed E-state index contributed by atoms with van der Waals surface area (Å²) < 4.78 is 27.7. The summed E-state index contributed by atoms with van der Waals surface area (Å²) in [5.41, 5.74) is 0.496. The van der Waals surface area contributed by atoms with Gasteiger partial charge in [0.05, 0.1) is 10.7 Å². The normalized spacial score (nSPS) is 14.6. The van der Waals surface area contributed by atoms with Crippen molar-refractivity contribution in [3.8, 4) is 0 Å². The molecule has 2 aromatic rings. The number of benzene rings is 2. The molecule has 0 aliphatic carbocycles. The first kappa shape index (κ1) is 16.5. The van der Waals surface area contributed by atoms with Crippen LogP contribution >= 0.6 is 11.6 Å². The van der Waals surface area contributed by atoms with Gasteiger partial charge in [-0.25, -0.2) is 13.6 Å². The van der Waals surface area contributed by atoms with E-state index in [0.29, 0.717) is 36.9 Å². The molecule has 0 unspecified atom stereocenters.